The van der Waals surface area contributed by atoms with Gasteiger partial charge in [-0.2, -0.15) is 0 Å². The summed E-state index contributed by atoms with van der Waals surface area (Å²) in [5.74, 6) is -0.404. The van der Waals surface area contributed by atoms with E-state index in [0.717, 1.165) is 0 Å². The standard InChI is InChI=1S/C10H13NO3/c1-4-9(12)7-5-8(10(13)14-3)11(2)6-7/h5-6H,4H2,1-3H3. The number of esters is 1. The predicted octanol–water partition coefficient (Wildman–Crippen LogP) is 1.40. The van der Waals surface area contributed by atoms with E-state index in [1.807, 2.05) is 0 Å². The van der Waals surface area contributed by atoms with E-state index >= 15 is 0 Å². The van der Waals surface area contributed by atoms with Gasteiger partial charge in [0.15, 0.2) is 5.78 Å². The Morgan fingerprint density at radius 2 is 2.14 bits per heavy atom. The quantitative estimate of drug-likeness (QED) is 0.541. The maximum atomic E-state index is 11.3. The number of hydrogen-bond donors (Lipinski definition) is 0. The molecular formula is C10H13NO3. The van der Waals surface area contributed by atoms with Gasteiger partial charge in [-0.05, 0) is 6.07 Å². The van der Waals surface area contributed by atoms with Crippen LogP contribution in [0, 0.1) is 0 Å². The van der Waals surface area contributed by atoms with Gasteiger partial charge in [0.2, 0.25) is 0 Å². The highest BCUT2D eigenvalue weighted by Gasteiger charge is 2.14. The van der Waals surface area contributed by atoms with Crippen molar-refractivity contribution in [3.05, 3.63) is 23.5 Å². The normalized spacial score (nSPS) is 9.93. The van der Waals surface area contributed by atoms with E-state index < -0.39 is 5.97 Å². The van der Waals surface area contributed by atoms with Gasteiger partial charge < -0.3 is 9.30 Å². The van der Waals surface area contributed by atoms with Gasteiger partial charge in [-0.25, -0.2) is 4.79 Å². The lowest BCUT2D eigenvalue weighted by Crippen LogP contribution is -2.06. The molecule has 0 bridgehead atoms. The Kier molecular flexibility index (Phi) is 3.06. The monoisotopic (exact) mass is 195 g/mol. The van der Waals surface area contributed by atoms with Crippen molar-refractivity contribution in [1.29, 1.82) is 0 Å². The molecule has 14 heavy (non-hydrogen) atoms. The molecule has 0 aromatic carbocycles. The Balaban J connectivity index is 3.05. The highest BCUT2D eigenvalue weighted by molar-refractivity contribution is 5.98. The molecule has 1 rings (SSSR count). The molecule has 0 aliphatic heterocycles. The molecule has 0 aliphatic rings. The minimum atomic E-state index is -0.428. The summed E-state index contributed by atoms with van der Waals surface area (Å²) in [4.78, 5) is 22.5. The van der Waals surface area contributed by atoms with Crippen LogP contribution in [0.15, 0.2) is 12.3 Å². The minimum Gasteiger partial charge on any atom is -0.464 e. The molecule has 0 saturated carbocycles. The fourth-order valence-electron chi connectivity index (χ4n) is 1.23. The van der Waals surface area contributed by atoms with Crippen molar-refractivity contribution in [2.75, 3.05) is 7.11 Å². The number of methoxy groups -OCH3 is 1. The summed E-state index contributed by atoms with van der Waals surface area (Å²) in [6.07, 6.45) is 2.07. The van der Waals surface area contributed by atoms with E-state index in [2.05, 4.69) is 4.74 Å². The predicted molar refractivity (Wildman–Crippen MR) is 51.4 cm³/mol. The van der Waals surface area contributed by atoms with Crippen molar-refractivity contribution in [1.82, 2.24) is 4.57 Å². The van der Waals surface area contributed by atoms with Crippen LogP contribution >= 0.6 is 0 Å². The molecule has 76 valence electrons. The molecule has 0 N–H and O–H groups in total. The molecule has 0 fully saturated rings. The molecule has 1 heterocycles. The molecule has 0 atom stereocenters. The van der Waals surface area contributed by atoms with Gasteiger partial charge in [-0.1, -0.05) is 6.92 Å². The van der Waals surface area contributed by atoms with Crippen molar-refractivity contribution < 1.29 is 14.3 Å². The van der Waals surface area contributed by atoms with Crippen molar-refractivity contribution in [3.8, 4) is 0 Å². The molecule has 1 aromatic rings. The van der Waals surface area contributed by atoms with Crippen molar-refractivity contribution >= 4 is 11.8 Å². The molecule has 0 radical (unpaired) electrons. The Hall–Kier alpha value is -1.58. The van der Waals surface area contributed by atoms with Gasteiger partial charge in [0.05, 0.1) is 7.11 Å². The van der Waals surface area contributed by atoms with Crippen LogP contribution in [0.1, 0.15) is 34.2 Å². The van der Waals surface area contributed by atoms with Crippen LogP contribution in [0.5, 0.6) is 0 Å². The number of aromatic nitrogens is 1. The summed E-state index contributed by atoms with van der Waals surface area (Å²) in [5.41, 5.74) is 0.944. The summed E-state index contributed by atoms with van der Waals surface area (Å²) >= 11 is 0. The summed E-state index contributed by atoms with van der Waals surface area (Å²) in [5, 5.41) is 0. The Bertz CT molecular complexity index is 365. The zero-order valence-electron chi connectivity index (χ0n) is 8.53. The van der Waals surface area contributed by atoms with E-state index in [1.165, 1.54) is 7.11 Å². The molecule has 0 amide bonds. The molecule has 4 nitrogen and oxygen atoms in total. The van der Waals surface area contributed by atoms with Gasteiger partial charge >= 0.3 is 5.97 Å². The smallest absolute Gasteiger partial charge is 0.354 e. The van der Waals surface area contributed by atoms with Crippen LogP contribution in [0.3, 0.4) is 0 Å². The minimum absolute atomic E-state index is 0.0238. The van der Waals surface area contributed by atoms with E-state index in [9.17, 15) is 9.59 Å². The number of ketones is 1. The Morgan fingerprint density at radius 3 is 2.64 bits per heavy atom. The van der Waals surface area contributed by atoms with E-state index in [-0.39, 0.29) is 5.78 Å². The summed E-state index contributed by atoms with van der Waals surface area (Å²) < 4.78 is 6.16. The molecule has 1 aromatic heterocycles. The van der Waals surface area contributed by atoms with E-state index in [0.29, 0.717) is 17.7 Å². The number of carbonyl (C=O) groups is 2. The Morgan fingerprint density at radius 1 is 1.50 bits per heavy atom. The molecule has 0 aliphatic carbocycles. The summed E-state index contributed by atoms with van der Waals surface area (Å²) in [7, 11) is 3.02. The average Bonchev–Trinajstić information content (AvgIpc) is 2.58. The van der Waals surface area contributed by atoms with Crippen molar-refractivity contribution in [2.24, 2.45) is 7.05 Å². The SMILES string of the molecule is CCC(=O)c1cc(C(=O)OC)n(C)c1. The number of nitrogens with zero attached hydrogens (tertiary/aromatic N) is 1. The molecule has 4 heteroatoms. The van der Waals surface area contributed by atoms with E-state index in [4.69, 9.17) is 0 Å². The van der Waals surface area contributed by atoms with Crippen LogP contribution in [0.2, 0.25) is 0 Å². The first-order valence-electron chi connectivity index (χ1n) is 4.38. The lowest BCUT2D eigenvalue weighted by atomic mass is 10.2. The largest absolute Gasteiger partial charge is 0.464 e. The number of rotatable bonds is 3. The number of ether oxygens (including phenoxy) is 1. The maximum absolute atomic E-state index is 11.3. The van der Waals surface area contributed by atoms with Crippen LogP contribution in [-0.2, 0) is 11.8 Å². The van der Waals surface area contributed by atoms with Crippen LogP contribution in [0.4, 0.5) is 0 Å². The van der Waals surface area contributed by atoms with Gasteiger partial charge in [-0.15, -0.1) is 0 Å². The zero-order chi connectivity index (χ0) is 10.7. The van der Waals surface area contributed by atoms with Crippen molar-refractivity contribution in [3.63, 3.8) is 0 Å². The van der Waals surface area contributed by atoms with Gasteiger partial charge in [0.1, 0.15) is 5.69 Å². The first-order valence-corrected chi connectivity index (χ1v) is 4.38. The molecule has 0 spiro atoms. The summed E-state index contributed by atoms with van der Waals surface area (Å²) in [6, 6.07) is 1.55. The lowest BCUT2D eigenvalue weighted by Gasteiger charge is -1.98. The van der Waals surface area contributed by atoms with Gasteiger partial charge in [0, 0.05) is 25.2 Å². The maximum Gasteiger partial charge on any atom is 0.354 e. The first-order chi connectivity index (χ1) is 6.60. The topological polar surface area (TPSA) is 48.3 Å². The highest BCUT2D eigenvalue weighted by Crippen LogP contribution is 2.10. The average molecular weight is 195 g/mol. The lowest BCUT2D eigenvalue weighted by molar-refractivity contribution is 0.0590. The molecular weight excluding hydrogens is 182 g/mol. The molecule has 0 unspecified atom stereocenters. The Labute approximate surface area is 82.5 Å². The van der Waals surface area contributed by atoms with Crippen LogP contribution in [0.25, 0.3) is 0 Å². The third-order valence-electron chi connectivity index (χ3n) is 2.04. The second kappa shape index (κ2) is 4.09. The fourth-order valence-corrected chi connectivity index (χ4v) is 1.23. The van der Waals surface area contributed by atoms with Gasteiger partial charge in [0.25, 0.3) is 0 Å². The first kappa shape index (κ1) is 10.5. The highest BCUT2D eigenvalue weighted by atomic mass is 16.5. The third-order valence-corrected chi connectivity index (χ3v) is 2.04. The number of Topliss-reactive ketones (excluding diaryl/α,β-unsaturated/α-hetero) is 1. The number of aryl methyl sites for hydroxylation is 1. The number of carbonyl (C=O) groups excluding carboxylic acids is 2. The second-order valence-electron chi connectivity index (χ2n) is 2.99. The third kappa shape index (κ3) is 1.84. The van der Waals surface area contributed by atoms with Gasteiger partial charge in [-0.3, -0.25) is 4.79 Å². The molecule has 0 saturated heterocycles. The summed E-state index contributed by atoms with van der Waals surface area (Å²) in [6.45, 7) is 1.78. The van der Waals surface area contributed by atoms with E-state index in [1.54, 1.807) is 30.8 Å². The van der Waals surface area contributed by atoms with Crippen LogP contribution < -0.4 is 0 Å². The zero-order valence-corrected chi connectivity index (χ0v) is 8.53. The van der Waals surface area contributed by atoms with Crippen LogP contribution in [-0.4, -0.2) is 23.4 Å². The second-order valence-corrected chi connectivity index (χ2v) is 2.99. The fraction of sp³-hybridized carbons (Fsp3) is 0.400. The number of hydrogen-bond acceptors (Lipinski definition) is 3. The van der Waals surface area contributed by atoms with Crippen molar-refractivity contribution in [2.45, 2.75) is 13.3 Å².